The van der Waals surface area contributed by atoms with Gasteiger partial charge in [-0.05, 0) is 25.2 Å². The van der Waals surface area contributed by atoms with E-state index >= 15 is 0 Å². The molecule has 1 saturated heterocycles. The molecule has 2 rings (SSSR count). The Hall–Kier alpha value is -0.120. The van der Waals surface area contributed by atoms with Crippen molar-refractivity contribution in [2.45, 2.75) is 72.7 Å². The van der Waals surface area contributed by atoms with Crippen LogP contribution in [-0.2, 0) is 9.47 Å². The fourth-order valence-corrected chi connectivity index (χ4v) is 2.83. The van der Waals surface area contributed by atoms with Gasteiger partial charge in [0.2, 0.25) is 0 Å². The maximum absolute atomic E-state index is 9.38. The Morgan fingerprint density at radius 1 is 1.11 bits per heavy atom. The van der Waals surface area contributed by atoms with E-state index in [1.165, 1.54) is 0 Å². The summed E-state index contributed by atoms with van der Waals surface area (Å²) in [6.07, 6.45) is 2.61. The minimum atomic E-state index is -0.293. The van der Waals surface area contributed by atoms with E-state index in [0.717, 1.165) is 32.5 Å². The number of aliphatic hydroxyl groups is 1. The average Bonchev–Trinajstić information content (AvgIpc) is 2.92. The third-order valence-corrected chi connectivity index (χ3v) is 3.47. The van der Waals surface area contributed by atoms with Gasteiger partial charge in [0.15, 0.2) is 5.79 Å². The molecule has 110 valence electrons. The summed E-state index contributed by atoms with van der Waals surface area (Å²) in [5.74, 6) is 0.856. The van der Waals surface area contributed by atoms with E-state index in [9.17, 15) is 5.11 Å². The van der Waals surface area contributed by atoms with E-state index in [-0.39, 0.29) is 11.9 Å². The van der Waals surface area contributed by atoms with E-state index in [1.807, 2.05) is 34.6 Å². The van der Waals surface area contributed by atoms with Gasteiger partial charge >= 0.3 is 0 Å². The van der Waals surface area contributed by atoms with Crippen LogP contribution in [0.4, 0.5) is 0 Å². The zero-order chi connectivity index (χ0) is 14.2. The molecule has 2 fully saturated rings. The first-order chi connectivity index (χ1) is 8.61. The first kappa shape index (κ1) is 17.9. The lowest BCUT2D eigenvalue weighted by atomic mass is 9.92. The quantitative estimate of drug-likeness (QED) is 0.824. The van der Waals surface area contributed by atoms with E-state index < -0.39 is 0 Å². The summed E-state index contributed by atoms with van der Waals surface area (Å²) in [5, 5.41) is 9.38. The summed E-state index contributed by atoms with van der Waals surface area (Å²) in [6, 6.07) is 0. The van der Waals surface area contributed by atoms with Crippen LogP contribution in [0.1, 0.15) is 60.8 Å². The van der Waals surface area contributed by atoms with Gasteiger partial charge in [-0.3, -0.25) is 0 Å². The molecule has 0 bridgehead atoms. The molecule has 3 nitrogen and oxygen atoms in total. The van der Waals surface area contributed by atoms with E-state index in [0.29, 0.717) is 11.8 Å². The fourth-order valence-electron chi connectivity index (χ4n) is 2.83. The predicted molar refractivity (Wildman–Crippen MR) is 75.5 cm³/mol. The van der Waals surface area contributed by atoms with Crippen molar-refractivity contribution in [3.8, 4) is 0 Å². The second-order valence-electron chi connectivity index (χ2n) is 4.84. The molecule has 0 aromatic rings. The van der Waals surface area contributed by atoms with Gasteiger partial charge in [0, 0.05) is 12.8 Å². The third kappa shape index (κ3) is 4.87. The molecule has 1 saturated carbocycles. The van der Waals surface area contributed by atoms with Gasteiger partial charge in [0.05, 0.1) is 19.3 Å². The van der Waals surface area contributed by atoms with Crippen LogP contribution in [0.3, 0.4) is 0 Å². The molecule has 18 heavy (non-hydrogen) atoms. The monoisotopic (exact) mass is 260 g/mol. The van der Waals surface area contributed by atoms with Gasteiger partial charge in [0.1, 0.15) is 0 Å². The third-order valence-electron chi connectivity index (χ3n) is 3.47. The van der Waals surface area contributed by atoms with Gasteiger partial charge in [-0.1, -0.05) is 34.6 Å². The minimum Gasteiger partial charge on any atom is -0.393 e. The molecule has 0 radical (unpaired) electrons. The zero-order valence-electron chi connectivity index (χ0n) is 13.0. The lowest BCUT2D eigenvalue weighted by molar-refractivity contribution is -0.154. The van der Waals surface area contributed by atoms with Crippen LogP contribution in [-0.4, -0.2) is 30.2 Å². The summed E-state index contributed by atoms with van der Waals surface area (Å²) < 4.78 is 11.4. The highest BCUT2D eigenvalue weighted by Crippen LogP contribution is 2.45. The van der Waals surface area contributed by atoms with Crippen LogP contribution in [0, 0.1) is 11.8 Å². The lowest BCUT2D eigenvalue weighted by Gasteiger charge is -2.21. The topological polar surface area (TPSA) is 38.7 Å². The molecule has 0 aromatic heterocycles. The van der Waals surface area contributed by atoms with Crippen molar-refractivity contribution >= 4 is 0 Å². The Morgan fingerprint density at radius 3 is 2.06 bits per heavy atom. The van der Waals surface area contributed by atoms with Crippen LogP contribution in [0.25, 0.3) is 0 Å². The van der Waals surface area contributed by atoms with Gasteiger partial charge in [-0.25, -0.2) is 0 Å². The molecule has 1 N–H and O–H groups in total. The standard InChI is InChI=1S/C11H20O3.2C2H6/c1-8-6-11(13-3-4-14-11)7-10(8)5-9(2)12;2*1-2/h8-10,12H,3-7H2,1-2H3;2*1-2H3/t8-,9?,10+;;/m1../s1. The summed E-state index contributed by atoms with van der Waals surface area (Å²) in [4.78, 5) is 0. The van der Waals surface area contributed by atoms with E-state index in [4.69, 9.17) is 9.47 Å². The Bertz CT molecular complexity index is 198. The van der Waals surface area contributed by atoms with Gasteiger partial charge in [0.25, 0.3) is 0 Å². The maximum Gasteiger partial charge on any atom is 0.169 e. The normalized spacial score (nSPS) is 30.2. The molecule has 1 heterocycles. The highest BCUT2D eigenvalue weighted by molar-refractivity contribution is 4.90. The van der Waals surface area contributed by atoms with Gasteiger partial charge < -0.3 is 14.6 Å². The van der Waals surface area contributed by atoms with Crippen molar-refractivity contribution < 1.29 is 14.6 Å². The number of hydrogen-bond donors (Lipinski definition) is 1. The number of ether oxygens (including phenoxy) is 2. The Morgan fingerprint density at radius 2 is 1.61 bits per heavy atom. The van der Waals surface area contributed by atoms with Crippen LogP contribution in [0.5, 0.6) is 0 Å². The SMILES string of the molecule is CC.CC.CC(O)C[C@H]1CC2(C[C@H]1C)OCCO2. The van der Waals surface area contributed by atoms with Crippen LogP contribution >= 0.6 is 0 Å². The molecular formula is C15H32O3. The summed E-state index contributed by atoms with van der Waals surface area (Å²) >= 11 is 0. The van der Waals surface area contributed by atoms with E-state index in [2.05, 4.69) is 6.92 Å². The molecule has 1 aliphatic carbocycles. The second kappa shape index (κ2) is 8.89. The zero-order valence-corrected chi connectivity index (χ0v) is 13.0. The van der Waals surface area contributed by atoms with Crippen molar-refractivity contribution in [2.75, 3.05) is 13.2 Å². The molecule has 2 aliphatic rings. The predicted octanol–water partition coefficient (Wildman–Crippen LogP) is 3.60. The minimum absolute atomic E-state index is 0.209. The van der Waals surface area contributed by atoms with Crippen molar-refractivity contribution in [3.05, 3.63) is 0 Å². The van der Waals surface area contributed by atoms with Crippen molar-refractivity contribution in [2.24, 2.45) is 11.8 Å². The van der Waals surface area contributed by atoms with Crippen LogP contribution < -0.4 is 0 Å². The molecule has 3 heteroatoms. The molecule has 1 unspecified atom stereocenters. The average molecular weight is 260 g/mol. The first-order valence-corrected chi connectivity index (χ1v) is 7.57. The molecule has 0 amide bonds. The van der Waals surface area contributed by atoms with Crippen molar-refractivity contribution in [1.29, 1.82) is 0 Å². The Balaban J connectivity index is 0.000000659. The van der Waals surface area contributed by atoms with Crippen molar-refractivity contribution in [1.82, 2.24) is 0 Å². The summed E-state index contributed by atoms with van der Waals surface area (Å²) in [7, 11) is 0. The number of rotatable bonds is 2. The largest absolute Gasteiger partial charge is 0.393 e. The first-order valence-electron chi connectivity index (χ1n) is 7.57. The molecule has 0 aromatic carbocycles. The second-order valence-corrected chi connectivity index (χ2v) is 4.84. The Kier molecular flexibility index (Phi) is 8.83. The van der Waals surface area contributed by atoms with Crippen LogP contribution in [0.2, 0.25) is 0 Å². The Labute approximate surface area is 113 Å². The molecule has 3 atom stereocenters. The fraction of sp³-hybridized carbons (Fsp3) is 1.00. The number of hydrogen-bond acceptors (Lipinski definition) is 3. The molecular weight excluding hydrogens is 228 g/mol. The smallest absolute Gasteiger partial charge is 0.169 e. The van der Waals surface area contributed by atoms with Crippen LogP contribution in [0.15, 0.2) is 0 Å². The highest BCUT2D eigenvalue weighted by atomic mass is 16.7. The van der Waals surface area contributed by atoms with E-state index in [1.54, 1.807) is 0 Å². The van der Waals surface area contributed by atoms with Gasteiger partial charge in [-0.2, -0.15) is 0 Å². The number of aliphatic hydroxyl groups excluding tert-OH is 1. The molecule has 1 aliphatic heterocycles. The molecule has 1 spiro atoms. The maximum atomic E-state index is 9.38. The lowest BCUT2D eigenvalue weighted by Crippen LogP contribution is -2.26. The van der Waals surface area contributed by atoms with Crippen molar-refractivity contribution in [3.63, 3.8) is 0 Å². The highest BCUT2D eigenvalue weighted by Gasteiger charge is 2.47. The summed E-state index contributed by atoms with van der Waals surface area (Å²) in [5.41, 5.74) is 0. The van der Waals surface area contributed by atoms with Gasteiger partial charge in [-0.15, -0.1) is 0 Å². The summed E-state index contributed by atoms with van der Waals surface area (Å²) in [6.45, 7) is 13.5.